The molecule has 16 heavy (non-hydrogen) atoms. The van der Waals surface area contributed by atoms with E-state index in [2.05, 4.69) is 17.7 Å². The Morgan fingerprint density at radius 1 is 1.38 bits per heavy atom. The molecule has 2 radical (unpaired) electrons. The molecule has 0 aromatic carbocycles. The number of nitrogens with zero attached hydrogens (tertiary/aromatic N) is 2. The van der Waals surface area contributed by atoms with Gasteiger partial charge in [0, 0.05) is 18.0 Å². The van der Waals surface area contributed by atoms with E-state index in [1.165, 1.54) is 0 Å². The normalized spacial score (nSPS) is 12.0. The summed E-state index contributed by atoms with van der Waals surface area (Å²) in [5, 5.41) is 13.3. The molecule has 5 heteroatoms. The molecule has 0 spiro atoms. The summed E-state index contributed by atoms with van der Waals surface area (Å²) in [5.41, 5.74) is 0.954. The Labute approximate surface area is 105 Å². The van der Waals surface area contributed by atoms with E-state index in [4.69, 9.17) is 7.85 Å². The number of aromatic nitrogens is 2. The molecular formula is C11H21BN2OS. The van der Waals surface area contributed by atoms with Crippen molar-refractivity contribution < 1.29 is 5.11 Å². The Kier molecular flexibility index (Phi) is 5.14. The first-order valence-electron chi connectivity index (χ1n) is 5.15. The van der Waals surface area contributed by atoms with Crippen LogP contribution in [0.1, 0.15) is 33.4 Å². The zero-order chi connectivity index (χ0) is 13.1. The molecule has 0 saturated carbocycles. The van der Waals surface area contributed by atoms with Crippen LogP contribution in [0, 0.1) is 6.92 Å². The highest BCUT2D eigenvalue weighted by Gasteiger charge is 2.30. The predicted molar refractivity (Wildman–Crippen MR) is 72.7 cm³/mol. The minimum absolute atomic E-state index is 0.312. The van der Waals surface area contributed by atoms with Gasteiger partial charge < -0.3 is 5.11 Å². The lowest BCUT2D eigenvalue weighted by Gasteiger charge is -2.32. The summed E-state index contributed by atoms with van der Waals surface area (Å²) in [7, 11) is 7.31. The largest absolute Gasteiger partial charge is 0.389 e. The molecule has 0 aliphatic rings. The maximum atomic E-state index is 9.28. The first-order valence-corrected chi connectivity index (χ1v) is 5.60. The number of rotatable bonds is 1. The lowest BCUT2D eigenvalue weighted by atomic mass is 9.94. The maximum Gasteiger partial charge on any atom is 0.118 e. The van der Waals surface area contributed by atoms with Crippen molar-refractivity contribution in [3.05, 3.63) is 11.9 Å². The van der Waals surface area contributed by atoms with Crippen molar-refractivity contribution in [3.8, 4) is 0 Å². The molecule has 0 atom stereocenters. The van der Waals surface area contributed by atoms with Gasteiger partial charge in [-0.05, 0) is 34.6 Å². The third-order valence-corrected chi connectivity index (χ3v) is 3.10. The van der Waals surface area contributed by atoms with E-state index in [-0.39, 0.29) is 4.75 Å². The molecule has 0 aliphatic carbocycles. The number of aryl methyl sites for hydroxylation is 2. The lowest BCUT2D eigenvalue weighted by Crippen LogP contribution is -2.40. The van der Waals surface area contributed by atoms with Crippen LogP contribution in [0.3, 0.4) is 0 Å². The molecule has 90 valence electrons. The van der Waals surface area contributed by atoms with Gasteiger partial charge >= 0.3 is 0 Å². The maximum absolute atomic E-state index is 9.28. The number of thiol groups is 1. The summed E-state index contributed by atoms with van der Waals surface area (Å²) in [5.74, 6) is 0. The molecular weight excluding hydrogens is 219 g/mol. The third-order valence-electron chi connectivity index (χ3n) is 2.55. The second-order valence-electron chi connectivity index (χ2n) is 4.96. The minimum Gasteiger partial charge on any atom is -0.389 e. The fourth-order valence-electron chi connectivity index (χ4n) is 0.618. The van der Waals surface area contributed by atoms with Crippen molar-refractivity contribution in [1.29, 1.82) is 0 Å². The second kappa shape index (κ2) is 5.28. The molecule has 1 aromatic rings. The number of aliphatic hydroxyl groups is 1. The average molecular weight is 240 g/mol. The summed E-state index contributed by atoms with van der Waals surface area (Å²) >= 11 is 4.19. The van der Waals surface area contributed by atoms with Gasteiger partial charge in [-0.25, -0.2) is 0 Å². The minimum atomic E-state index is -0.698. The average Bonchev–Trinajstić information content (AvgIpc) is 2.26. The molecule has 1 aromatic heterocycles. The van der Waals surface area contributed by atoms with Gasteiger partial charge in [0.05, 0.1) is 11.3 Å². The molecule has 1 heterocycles. The Morgan fingerprint density at radius 2 is 1.75 bits per heavy atom. The van der Waals surface area contributed by atoms with E-state index in [9.17, 15) is 5.11 Å². The van der Waals surface area contributed by atoms with Gasteiger partial charge in [-0.1, -0.05) is 5.46 Å². The van der Waals surface area contributed by atoms with E-state index in [0.717, 1.165) is 11.2 Å². The van der Waals surface area contributed by atoms with Crippen LogP contribution in [0.2, 0.25) is 0 Å². The van der Waals surface area contributed by atoms with E-state index < -0.39 is 5.60 Å². The van der Waals surface area contributed by atoms with Crippen molar-refractivity contribution >= 4 is 25.9 Å². The molecule has 0 unspecified atom stereocenters. The molecule has 1 N–H and O–H groups in total. The van der Waals surface area contributed by atoms with Crippen LogP contribution in [0.5, 0.6) is 0 Å². The SMILES string of the molecule is CC(C)(O)C(C)(C)S.[B]c1cn(C)nc1C. The van der Waals surface area contributed by atoms with Gasteiger partial charge in [0.15, 0.2) is 0 Å². The Hall–Kier alpha value is -0.415. The van der Waals surface area contributed by atoms with E-state index in [1.54, 1.807) is 24.7 Å². The van der Waals surface area contributed by atoms with Crippen molar-refractivity contribution in [1.82, 2.24) is 9.78 Å². The van der Waals surface area contributed by atoms with Crippen LogP contribution in [0.25, 0.3) is 0 Å². The third kappa shape index (κ3) is 5.08. The van der Waals surface area contributed by atoms with Gasteiger partial charge in [-0.2, -0.15) is 17.7 Å². The first-order chi connectivity index (χ1) is 6.95. The predicted octanol–water partition coefficient (Wildman–Crippen LogP) is 0.988. The van der Waals surface area contributed by atoms with Crippen LogP contribution in [0.15, 0.2) is 6.20 Å². The number of hydrogen-bond donors (Lipinski definition) is 2. The fraction of sp³-hybridized carbons (Fsp3) is 0.727. The lowest BCUT2D eigenvalue weighted by molar-refractivity contribution is 0.0500. The molecule has 0 fully saturated rings. The Morgan fingerprint density at radius 3 is 1.81 bits per heavy atom. The summed E-state index contributed by atoms with van der Waals surface area (Å²) in [4.78, 5) is 0. The zero-order valence-electron chi connectivity index (χ0n) is 10.9. The van der Waals surface area contributed by atoms with Gasteiger partial charge in [0.25, 0.3) is 0 Å². The summed E-state index contributed by atoms with van der Waals surface area (Å²) in [6, 6.07) is 0. The van der Waals surface area contributed by atoms with Crippen molar-refractivity contribution in [3.63, 3.8) is 0 Å². The van der Waals surface area contributed by atoms with Crippen molar-refractivity contribution in [2.45, 2.75) is 45.0 Å². The Balaban J connectivity index is 0.000000281. The highest BCUT2D eigenvalue weighted by atomic mass is 32.1. The van der Waals surface area contributed by atoms with Gasteiger partial charge in [0.1, 0.15) is 7.85 Å². The fourth-order valence-corrected chi connectivity index (χ4v) is 0.618. The van der Waals surface area contributed by atoms with Crippen molar-refractivity contribution in [2.75, 3.05) is 0 Å². The van der Waals surface area contributed by atoms with Crippen molar-refractivity contribution in [2.24, 2.45) is 7.05 Å². The summed E-state index contributed by atoms with van der Waals surface area (Å²) < 4.78 is 1.39. The standard InChI is InChI=1S/C6H14OS.C5H7BN2/c1-5(2,7)6(3,4)8;1-4-5(6)3-8(2)7-4/h7-8H,1-4H3;3H,1-2H3. The Bertz CT molecular complexity index is 305. The molecule has 1 rings (SSSR count). The van der Waals surface area contributed by atoms with Gasteiger partial charge in [-0.15, -0.1) is 0 Å². The van der Waals surface area contributed by atoms with Crippen LogP contribution < -0.4 is 5.46 Å². The second-order valence-corrected chi connectivity index (χ2v) is 6.08. The molecule has 0 saturated heterocycles. The summed E-state index contributed by atoms with van der Waals surface area (Å²) in [6.45, 7) is 9.15. The van der Waals surface area contributed by atoms with Crippen LogP contribution in [-0.2, 0) is 7.05 Å². The molecule has 0 aliphatic heterocycles. The van der Waals surface area contributed by atoms with Crippen LogP contribution >= 0.6 is 12.6 Å². The monoisotopic (exact) mass is 240 g/mol. The van der Waals surface area contributed by atoms with E-state index in [0.29, 0.717) is 0 Å². The van der Waals surface area contributed by atoms with E-state index >= 15 is 0 Å². The van der Waals surface area contributed by atoms with Crippen LogP contribution in [-0.4, -0.2) is 33.1 Å². The highest BCUT2D eigenvalue weighted by Crippen LogP contribution is 2.26. The first kappa shape index (κ1) is 15.6. The van der Waals surface area contributed by atoms with Gasteiger partial charge in [-0.3, -0.25) is 4.68 Å². The van der Waals surface area contributed by atoms with Crippen LogP contribution in [0.4, 0.5) is 0 Å². The molecule has 3 nitrogen and oxygen atoms in total. The van der Waals surface area contributed by atoms with Gasteiger partial charge in [0.2, 0.25) is 0 Å². The van der Waals surface area contributed by atoms with E-state index in [1.807, 2.05) is 27.8 Å². The molecule has 0 amide bonds. The zero-order valence-corrected chi connectivity index (χ0v) is 11.8. The quantitative estimate of drug-likeness (QED) is 0.567. The smallest absolute Gasteiger partial charge is 0.118 e. The summed E-state index contributed by atoms with van der Waals surface area (Å²) in [6.07, 6.45) is 1.79. The highest BCUT2D eigenvalue weighted by molar-refractivity contribution is 7.81. The molecule has 0 bridgehead atoms. The topological polar surface area (TPSA) is 38.0 Å². The number of hydrogen-bond acceptors (Lipinski definition) is 3.